The van der Waals surface area contributed by atoms with Crippen molar-refractivity contribution in [2.24, 2.45) is 0 Å². The van der Waals surface area contributed by atoms with Gasteiger partial charge in [0.05, 0.1) is 32.9 Å². The number of halogens is 1. The van der Waals surface area contributed by atoms with Crippen LogP contribution in [0.4, 0.5) is 11.4 Å². The van der Waals surface area contributed by atoms with E-state index in [0.29, 0.717) is 11.4 Å². The maximum absolute atomic E-state index is 12.9. The van der Waals surface area contributed by atoms with Gasteiger partial charge in [-0.2, -0.15) is 0 Å². The summed E-state index contributed by atoms with van der Waals surface area (Å²) in [4.78, 5) is 16.8. The average Bonchev–Trinajstić information content (AvgIpc) is 2.74. The van der Waals surface area contributed by atoms with Crippen molar-refractivity contribution >= 4 is 49.8 Å². The topological polar surface area (TPSA) is 88.2 Å². The van der Waals surface area contributed by atoms with Crippen LogP contribution in [-0.2, 0) is 10.0 Å². The quantitative estimate of drug-likeness (QED) is 0.462. The molecule has 0 aliphatic carbocycles. The normalized spacial score (nSPS) is 11.2. The number of aromatic nitrogens is 1. The lowest BCUT2D eigenvalue weighted by atomic mass is 10.2. The van der Waals surface area contributed by atoms with Crippen molar-refractivity contribution in [2.75, 3.05) is 10.0 Å². The Labute approximate surface area is 178 Å². The van der Waals surface area contributed by atoms with Crippen molar-refractivity contribution in [3.8, 4) is 0 Å². The van der Waals surface area contributed by atoms with E-state index in [9.17, 15) is 13.2 Å². The summed E-state index contributed by atoms with van der Waals surface area (Å²) in [7, 11) is -3.96. The number of pyridine rings is 1. The number of para-hydroxylation sites is 2. The molecular formula is C22H16ClN3O3S. The summed E-state index contributed by atoms with van der Waals surface area (Å²) in [6.07, 6.45) is 1.44. The molecule has 0 atom stereocenters. The zero-order valence-electron chi connectivity index (χ0n) is 15.5. The lowest BCUT2D eigenvalue weighted by Crippen LogP contribution is -2.16. The van der Waals surface area contributed by atoms with Crippen LogP contribution < -0.4 is 10.0 Å². The van der Waals surface area contributed by atoms with Crippen molar-refractivity contribution in [1.29, 1.82) is 0 Å². The Balaban J connectivity index is 1.62. The van der Waals surface area contributed by atoms with Gasteiger partial charge in [0, 0.05) is 11.1 Å². The molecule has 0 aliphatic heterocycles. The van der Waals surface area contributed by atoms with Crippen LogP contribution in [0.2, 0.25) is 5.02 Å². The minimum Gasteiger partial charge on any atom is -0.322 e. The van der Waals surface area contributed by atoms with E-state index in [2.05, 4.69) is 15.0 Å². The molecule has 0 unspecified atom stereocenters. The Morgan fingerprint density at radius 2 is 1.60 bits per heavy atom. The Morgan fingerprint density at radius 3 is 2.40 bits per heavy atom. The van der Waals surface area contributed by atoms with Crippen LogP contribution >= 0.6 is 11.6 Å². The van der Waals surface area contributed by atoms with Crippen molar-refractivity contribution in [2.45, 2.75) is 4.90 Å². The maximum atomic E-state index is 12.9. The van der Waals surface area contributed by atoms with Gasteiger partial charge in [0.1, 0.15) is 0 Å². The summed E-state index contributed by atoms with van der Waals surface area (Å²) in [5.74, 6) is -0.504. The van der Waals surface area contributed by atoms with Crippen molar-refractivity contribution in [1.82, 2.24) is 4.98 Å². The molecule has 1 amide bonds. The predicted molar refractivity (Wildman–Crippen MR) is 118 cm³/mol. The molecule has 8 heteroatoms. The smallest absolute Gasteiger partial charge is 0.261 e. The lowest BCUT2D eigenvalue weighted by molar-refractivity contribution is 0.102. The van der Waals surface area contributed by atoms with Gasteiger partial charge in [-0.3, -0.25) is 14.5 Å². The Hall–Kier alpha value is -3.42. The minimum absolute atomic E-state index is 0.0556. The van der Waals surface area contributed by atoms with Gasteiger partial charge in [-0.25, -0.2) is 8.42 Å². The molecule has 3 aromatic carbocycles. The van der Waals surface area contributed by atoms with Crippen LogP contribution in [0.5, 0.6) is 0 Å². The molecule has 0 fully saturated rings. The number of nitrogens with one attached hydrogen (secondary N) is 2. The third-order valence-electron chi connectivity index (χ3n) is 4.37. The summed E-state index contributed by atoms with van der Waals surface area (Å²) in [6, 6.07) is 21.9. The molecule has 6 nitrogen and oxygen atoms in total. The van der Waals surface area contributed by atoms with E-state index in [1.807, 2.05) is 30.3 Å². The number of carbonyl (C=O) groups excluding carboxylic acids is 1. The first-order valence-electron chi connectivity index (χ1n) is 8.96. The molecule has 1 heterocycles. The number of anilines is 2. The van der Waals surface area contributed by atoms with Crippen LogP contribution in [-0.4, -0.2) is 19.3 Å². The molecule has 2 N–H and O–H groups in total. The van der Waals surface area contributed by atoms with Gasteiger partial charge in [0.25, 0.3) is 15.9 Å². The fraction of sp³-hybridized carbons (Fsp3) is 0. The summed E-state index contributed by atoms with van der Waals surface area (Å²) in [5, 5.41) is 3.65. The van der Waals surface area contributed by atoms with Crippen molar-refractivity contribution in [3.05, 3.63) is 95.6 Å². The molecule has 4 rings (SSSR count). The van der Waals surface area contributed by atoms with E-state index >= 15 is 0 Å². The second kappa shape index (κ2) is 8.14. The Kier molecular flexibility index (Phi) is 5.39. The van der Waals surface area contributed by atoms with Crippen LogP contribution in [0.25, 0.3) is 10.9 Å². The fourth-order valence-electron chi connectivity index (χ4n) is 2.91. The minimum atomic E-state index is -3.96. The molecule has 4 aromatic rings. The SMILES string of the molecule is O=C(Nc1ccccc1)c1cc(S(=O)(=O)Nc2cnc3ccccc3c2)ccc1Cl. The first kappa shape index (κ1) is 19.9. The number of hydrogen-bond acceptors (Lipinski definition) is 4. The maximum Gasteiger partial charge on any atom is 0.261 e. The van der Waals surface area contributed by atoms with Crippen LogP contribution in [0, 0.1) is 0 Å². The van der Waals surface area contributed by atoms with Gasteiger partial charge in [0.15, 0.2) is 0 Å². The molecule has 0 saturated heterocycles. The van der Waals surface area contributed by atoms with E-state index in [1.54, 1.807) is 30.3 Å². The number of hydrogen-bond donors (Lipinski definition) is 2. The molecule has 0 bridgehead atoms. The lowest BCUT2D eigenvalue weighted by Gasteiger charge is -2.11. The third-order valence-corrected chi connectivity index (χ3v) is 6.08. The van der Waals surface area contributed by atoms with E-state index in [0.717, 1.165) is 10.9 Å². The fourth-order valence-corrected chi connectivity index (χ4v) is 4.17. The van der Waals surface area contributed by atoms with Crippen molar-refractivity contribution < 1.29 is 13.2 Å². The molecule has 30 heavy (non-hydrogen) atoms. The van der Waals surface area contributed by atoms with Gasteiger partial charge >= 0.3 is 0 Å². The second-order valence-electron chi connectivity index (χ2n) is 6.48. The molecule has 0 radical (unpaired) electrons. The molecule has 0 spiro atoms. The van der Waals surface area contributed by atoms with Gasteiger partial charge < -0.3 is 5.32 Å². The standard InChI is InChI=1S/C22H16ClN3O3S/c23-20-11-10-18(13-19(20)22(27)25-16-7-2-1-3-8-16)30(28,29)26-17-12-15-6-4-5-9-21(15)24-14-17/h1-14,26H,(H,25,27). The van der Waals surface area contributed by atoms with E-state index < -0.39 is 15.9 Å². The third kappa shape index (κ3) is 4.27. The second-order valence-corrected chi connectivity index (χ2v) is 8.57. The summed E-state index contributed by atoms with van der Waals surface area (Å²) < 4.78 is 28.2. The number of sulfonamides is 1. The first-order valence-corrected chi connectivity index (χ1v) is 10.8. The van der Waals surface area contributed by atoms with Crippen LogP contribution in [0.1, 0.15) is 10.4 Å². The Bertz CT molecular complexity index is 1340. The molecule has 150 valence electrons. The number of nitrogens with zero attached hydrogens (tertiary/aromatic N) is 1. The van der Waals surface area contributed by atoms with E-state index in [1.165, 1.54) is 24.4 Å². The zero-order chi connectivity index (χ0) is 21.1. The predicted octanol–water partition coefficient (Wildman–Crippen LogP) is 4.94. The molecule has 0 saturated carbocycles. The van der Waals surface area contributed by atoms with Crippen LogP contribution in [0.3, 0.4) is 0 Å². The highest BCUT2D eigenvalue weighted by molar-refractivity contribution is 7.92. The molecular weight excluding hydrogens is 422 g/mol. The number of fused-ring (bicyclic) bond motifs is 1. The highest BCUT2D eigenvalue weighted by Crippen LogP contribution is 2.24. The summed E-state index contributed by atoms with van der Waals surface area (Å²) >= 11 is 6.15. The number of carbonyl (C=O) groups is 1. The molecule has 0 aliphatic rings. The largest absolute Gasteiger partial charge is 0.322 e. The first-order chi connectivity index (χ1) is 14.4. The zero-order valence-corrected chi connectivity index (χ0v) is 17.1. The van der Waals surface area contributed by atoms with Gasteiger partial charge in [-0.1, -0.05) is 48.0 Å². The van der Waals surface area contributed by atoms with Gasteiger partial charge in [0.2, 0.25) is 0 Å². The van der Waals surface area contributed by atoms with E-state index in [-0.39, 0.29) is 15.5 Å². The summed E-state index contributed by atoms with van der Waals surface area (Å²) in [6.45, 7) is 0. The monoisotopic (exact) mass is 437 g/mol. The van der Waals surface area contributed by atoms with Crippen molar-refractivity contribution in [3.63, 3.8) is 0 Å². The average molecular weight is 438 g/mol. The molecule has 1 aromatic heterocycles. The summed E-state index contributed by atoms with van der Waals surface area (Å²) in [5.41, 5.74) is 1.71. The van der Waals surface area contributed by atoms with Gasteiger partial charge in [-0.15, -0.1) is 0 Å². The van der Waals surface area contributed by atoms with Gasteiger partial charge in [-0.05, 0) is 42.5 Å². The highest BCUT2D eigenvalue weighted by Gasteiger charge is 2.19. The number of amides is 1. The van der Waals surface area contributed by atoms with Crippen LogP contribution in [0.15, 0.2) is 90.0 Å². The Morgan fingerprint density at radius 1 is 0.867 bits per heavy atom. The highest BCUT2D eigenvalue weighted by atomic mass is 35.5. The number of benzene rings is 3. The number of rotatable bonds is 5. The van der Waals surface area contributed by atoms with E-state index in [4.69, 9.17) is 11.6 Å².